The summed E-state index contributed by atoms with van der Waals surface area (Å²) in [6, 6.07) is 8.38. The van der Waals surface area contributed by atoms with Gasteiger partial charge in [0.2, 0.25) is 5.95 Å². The number of rotatable bonds is 10. The average molecular weight is 607 g/mol. The predicted molar refractivity (Wildman–Crippen MR) is 150 cm³/mol. The Morgan fingerprint density at radius 3 is 2.71 bits per heavy atom. The molecular weight excluding hydrogens is 574 g/mol. The maximum atomic E-state index is 13.9. The normalized spacial score (nSPS) is 24.1. The molecule has 226 valence electrons. The second-order valence-corrected chi connectivity index (χ2v) is 11.5. The first-order valence-corrected chi connectivity index (χ1v) is 14.4. The predicted octanol–water partition coefficient (Wildman–Crippen LogP) is 1.37. The number of halogens is 1. The quantitative estimate of drug-likeness (QED) is 0.126. The van der Waals surface area contributed by atoms with E-state index in [-0.39, 0.29) is 22.7 Å². The van der Waals surface area contributed by atoms with Crippen LogP contribution in [0.4, 0.5) is 10.3 Å². The van der Waals surface area contributed by atoms with Gasteiger partial charge in [0.05, 0.1) is 18.1 Å². The Morgan fingerprint density at radius 2 is 2.05 bits per heavy atom. The lowest BCUT2D eigenvalue weighted by atomic mass is 9.91. The van der Waals surface area contributed by atoms with Gasteiger partial charge in [0.15, 0.2) is 17.4 Å². The second-order valence-electron chi connectivity index (χ2n) is 9.79. The van der Waals surface area contributed by atoms with E-state index in [2.05, 4.69) is 26.9 Å². The van der Waals surface area contributed by atoms with Crippen molar-refractivity contribution in [3.63, 3.8) is 0 Å². The number of carbonyl (C=O) groups is 1. The lowest BCUT2D eigenvalue weighted by Gasteiger charge is -2.28. The lowest BCUT2D eigenvalue weighted by Crippen LogP contribution is -2.53. The van der Waals surface area contributed by atoms with Gasteiger partial charge in [-0.25, -0.2) is 8.96 Å². The molecule has 3 aromatic rings. The highest BCUT2D eigenvalue weighted by molar-refractivity contribution is 7.52. The van der Waals surface area contributed by atoms with Crippen LogP contribution in [0.5, 0.6) is 5.75 Å². The summed E-state index contributed by atoms with van der Waals surface area (Å²) < 4.78 is 50.8. The number of ether oxygens (including phenoxy) is 2. The molecule has 4 rings (SSSR count). The van der Waals surface area contributed by atoms with E-state index in [9.17, 15) is 23.7 Å². The molecule has 0 aliphatic carbocycles. The number of hydrogen-bond donors (Lipinski definition) is 5. The van der Waals surface area contributed by atoms with Crippen molar-refractivity contribution >= 4 is 30.7 Å². The maximum absolute atomic E-state index is 13.9. The minimum atomic E-state index is -4.33. The van der Waals surface area contributed by atoms with Crippen molar-refractivity contribution < 1.29 is 37.4 Å². The van der Waals surface area contributed by atoms with Crippen molar-refractivity contribution in [1.82, 2.24) is 19.6 Å². The summed E-state index contributed by atoms with van der Waals surface area (Å²) in [4.78, 5) is 31.3. The topological polar surface area (TPSA) is 206 Å². The van der Waals surface area contributed by atoms with Crippen LogP contribution in [-0.2, 0) is 23.4 Å². The summed E-state index contributed by atoms with van der Waals surface area (Å²) in [5.41, 5.74) is 9.83. The molecule has 0 amide bonds. The number of nitrogens with two attached hydrogens (primary N) is 2. The number of nitrogen functional groups attached to an aromatic ring is 1. The van der Waals surface area contributed by atoms with Crippen LogP contribution in [0.2, 0.25) is 0 Å². The van der Waals surface area contributed by atoms with E-state index in [0.717, 1.165) is 0 Å². The average Bonchev–Trinajstić information content (AvgIpc) is 3.45. The number of anilines is 1. The molecule has 0 spiro atoms. The van der Waals surface area contributed by atoms with Crippen molar-refractivity contribution in [1.29, 1.82) is 0 Å². The molecule has 1 saturated heterocycles. The highest BCUT2D eigenvalue weighted by Crippen LogP contribution is 2.47. The van der Waals surface area contributed by atoms with Gasteiger partial charge in [-0.3, -0.25) is 19.1 Å². The standard InChI is InChI=1S/C26H32FN6O8P/c1-15(2)39-23(36)16(3)32-42(37,41-17-8-5-4-6-9-17)38-14-19-20(34)26(29,11-7-12-27)24(40-19)33-13-10-18-21(33)30-25(28)31-22(18)35/h4-6,8-10,13,15-16,19-20,24,34H,12,14,29H2,1-3H3,(H,32,37)(H3,28,30,31,35)/t16?,19-,20?,24-,26-,42?/m1/s1. The molecule has 1 fully saturated rings. The zero-order valence-corrected chi connectivity index (χ0v) is 23.9. The van der Waals surface area contributed by atoms with Gasteiger partial charge in [-0.1, -0.05) is 30.0 Å². The van der Waals surface area contributed by atoms with E-state index >= 15 is 0 Å². The molecule has 3 unspecified atom stereocenters. The number of carbonyl (C=O) groups excluding carboxylic acids is 1. The fourth-order valence-electron chi connectivity index (χ4n) is 4.31. The molecule has 14 nitrogen and oxygen atoms in total. The van der Waals surface area contributed by atoms with Gasteiger partial charge in [0, 0.05) is 6.20 Å². The lowest BCUT2D eigenvalue weighted by molar-refractivity contribution is -0.149. The molecule has 0 bridgehead atoms. The van der Waals surface area contributed by atoms with Crippen LogP contribution in [0.3, 0.4) is 0 Å². The summed E-state index contributed by atoms with van der Waals surface area (Å²) in [5, 5.41) is 13.9. The fraction of sp³-hybridized carbons (Fsp3) is 0.423. The van der Waals surface area contributed by atoms with Crippen LogP contribution in [0, 0.1) is 11.8 Å². The SMILES string of the molecule is CC(C)OC(=O)C(C)NP(=O)(OC[C@H]1O[C@@H](n2ccc3c(=O)[nH]c(N)nc32)[C@@](N)(C#CCF)C1O)Oc1ccccc1. The molecule has 16 heteroatoms. The smallest absolute Gasteiger partial charge is 0.459 e. The molecule has 1 aromatic carbocycles. The highest BCUT2D eigenvalue weighted by Gasteiger charge is 2.55. The van der Waals surface area contributed by atoms with Crippen LogP contribution >= 0.6 is 7.75 Å². The number of fused-ring (bicyclic) bond motifs is 1. The minimum Gasteiger partial charge on any atom is -0.462 e. The van der Waals surface area contributed by atoms with Gasteiger partial charge < -0.3 is 35.1 Å². The molecule has 0 radical (unpaired) electrons. The molecular formula is C26H32FN6O8P. The molecule has 1 aliphatic rings. The van der Waals surface area contributed by atoms with Crippen molar-refractivity contribution in [3.8, 4) is 17.6 Å². The third kappa shape index (κ3) is 6.65. The van der Waals surface area contributed by atoms with Crippen molar-refractivity contribution in [2.24, 2.45) is 5.73 Å². The number of alkyl halides is 1. The first-order valence-electron chi connectivity index (χ1n) is 12.9. The first-order chi connectivity index (χ1) is 19.9. The molecule has 7 N–H and O–H groups in total. The first kappa shape index (κ1) is 31.2. The number of benzene rings is 1. The third-order valence-corrected chi connectivity index (χ3v) is 7.86. The van der Waals surface area contributed by atoms with Gasteiger partial charge >= 0.3 is 13.7 Å². The molecule has 42 heavy (non-hydrogen) atoms. The van der Waals surface area contributed by atoms with E-state index in [1.54, 1.807) is 32.0 Å². The van der Waals surface area contributed by atoms with E-state index in [1.807, 2.05) is 0 Å². The molecule has 3 heterocycles. The van der Waals surface area contributed by atoms with E-state index in [1.165, 1.54) is 35.9 Å². The maximum Gasteiger partial charge on any atom is 0.459 e. The number of nitrogens with one attached hydrogen (secondary N) is 2. The summed E-state index contributed by atoms with van der Waals surface area (Å²) in [6.45, 7) is 3.10. The van der Waals surface area contributed by atoms with Crippen LogP contribution in [0.15, 0.2) is 47.4 Å². The number of para-hydroxylation sites is 1. The number of aliphatic hydroxyl groups excluding tert-OH is 1. The van der Waals surface area contributed by atoms with E-state index in [4.69, 9.17) is 30.0 Å². The minimum absolute atomic E-state index is 0.0733. The zero-order chi connectivity index (χ0) is 30.7. The van der Waals surface area contributed by atoms with Crippen LogP contribution in [0.25, 0.3) is 11.0 Å². The van der Waals surface area contributed by atoms with Crippen molar-refractivity contribution in [3.05, 3.63) is 52.9 Å². The summed E-state index contributed by atoms with van der Waals surface area (Å²) >= 11 is 0. The van der Waals surface area contributed by atoms with Crippen LogP contribution in [0.1, 0.15) is 27.0 Å². The Morgan fingerprint density at radius 1 is 1.33 bits per heavy atom. The Hall–Kier alpha value is -3.77. The molecule has 1 aliphatic heterocycles. The van der Waals surface area contributed by atoms with Gasteiger partial charge in [0.25, 0.3) is 5.56 Å². The Bertz CT molecular complexity index is 1590. The summed E-state index contributed by atoms with van der Waals surface area (Å²) in [6.07, 6.45) is -3.22. The zero-order valence-electron chi connectivity index (χ0n) is 23.0. The monoisotopic (exact) mass is 606 g/mol. The summed E-state index contributed by atoms with van der Waals surface area (Å²) in [7, 11) is -4.33. The van der Waals surface area contributed by atoms with Gasteiger partial charge in [-0.2, -0.15) is 10.1 Å². The number of nitrogens with zero attached hydrogens (tertiary/aromatic N) is 2. The number of aromatic nitrogens is 3. The molecule has 0 saturated carbocycles. The number of aliphatic hydroxyl groups is 1. The van der Waals surface area contributed by atoms with Gasteiger partial charge in [-0.05, 0) is 39.0 Å². The largest absolute Gasteiger partial charge is 0.462 e. The van der Waals surface area contributed by atoms with Crippen molar-refractivity contribution in [2.75, 3.05) is 19.0 Å². The Kier molecular flexibility index (Phi) is 9.37. The van der Waals surface area contributed by atoms with Crippen molar-refractivity contribution in [2.45, 2.75) is 56.9 Å². The molecule has 2 aromatic heterocycles. The van der Waals surface area contributed by atoms with Crippen LogP contribution < -0.4 is 26.6 Å². The van der Waals surface area contributed by atoms with Crippen LogP contribution in [-0.4, -0.2) is 68.8 Å². The summed E-state index contributed by atoms with van der Waals surface area (Å²) in [5.74, 6) is 3.99. The fourth-order valence-corrected chi connectivity index (χ4v) is 5.81. The van der Waals surface area contributed by atoms with E-state index < -0.39 is 68.7 Å². The number of hydrogen-bond acceptors (Lipinski definition) is 11. The van der Waals surface area contributed by atoms with E-state index in [0.29, 0.717) is 0 Å². The molecule has 6 atom stereocenters. The number of H-pyrrole nitrogens is 1. The Labute approximate surface area is 240 Å². The third-order valence-electron chi connectivity index (χ3n) is 6.21. The number of aromatic amines is 1. The Balaban J connectivity index is 1.63. The second kappa shape index (κ2) is 12.6. The highest BCUT2D eigenvalue weighted by atomic mass is 31.2. The number of esters is 1. The van der Waals surface area contributed by atoms with Gasteiger partial charge in [0.1, 0.15) is 30.7 Å². The van der Waals surface area contributed by atoms with Gasteiger partial charge in [-0.15, -0.1) is 0 Å².